The van der Waals surface area contributed by atoms with Crippen molar-refractivity contribution in [3.05, 3.63) is 33.9 Å². The molecule has 1 aromatic rings. The van der Waals surface area contributed by atoms with Crippen molar-refractivity contribution in [2.24, 2.45) is 0 Å². The highest BCUT2D eigenvalue weighted by Gasteiger charge is 2.28. The Morgan fingerprint density at radius 2 is 1.89 bits per heavy atom. The van der Waals surface area contributed by atoms with E-state index in [1.807, 2.05) is 11.8 Å². The highest BCUT2D eigenvalue weighted by Crippen LogP contribution is 2.30. The Kier molecular flexibility index (Phi) is 5.59. The van der Waals surface area contributed by atoms with Crippen molar-refractivity contribution in [3.8, 4) is 0 Å². The molecular weight excluding hydrogens is 350 g/mol. The van der Waals surface area contributed by atoms with Crippen LogP contribution in [0.25, 0.3) is 0 Å². The number of hydrogen-bond donors (Lipinski definition) is 1. The van der Waals surface area contributed by atoms with Gasteiger partial charge in [-0.15, -0.1) is 0 Å². The first-order valence-electron chi connectivity index (χ1n) is 9.19. The monoisotopic (exact) mass is 375 g/mol. The van der Waals surface area contributed by atoms with Crippen molar-refractivity contribution in [1.82, 2.24) is 15.1 Å². The van der Waals surface area contributed by atoms with Gasteiger partial charge in [0.15, 0.2) is 0 Å². The SMILES string of the molecule is CC(=O)N1CCN(c2ccc(C(=O)N3CCNC[C@H]3C)cc2[N+](=O)[O-])CC1. The van der Waals surface area contributed by atoms with Gasteiger partial charge in [-0.2, -0.15) is 0 Å². The maximum atomic E-state index is 12.8. The van der Waals surface area contributed by atoms with Crippen LogP contribution in [0.5, 0.6) is 0 Å². The summed E-state index contributed by atoms with van der Waals surface area (Å²) in [5.41, 5.74) is 0.759. The Morgan fingerprint density at radius 1 is 1.19 bits per heavy atom. The number of nitro groups is 1. The lowest BCUT2D eigenvalue weighted by atomic mass is 10.1. The van der Waals surface area contributed by atoms with Crippen LogP contribution in [0, 0.1) is 10.1 Å². The minimum absolute atomic E-state index is 0.00948. The third kappa shape index (κ3) is 4.02. The number of benzene rings is 1. The van der Waals surface area contributed by atoms with Gasteiger partial charge in [-0.3, -0.25) is 19.7 Å². The predicted octanol–water partition coefficient (Wildman–Crippen LogP) is 0.697. The molecule has 0 saturated carbocycles. The van der Waals surface area contributed by atoms with Crippen LogP contribution >= 0.6 is 0 Å². The standard InChI is InChI=1S/C18H25N5O4/c1-13-12-19-5-6-22(13)18(25)15-3-4-16(17(11-15)23(26)27)21-9-7-20(8-10-21)14(2)24/h3-4,11,13,19H,5-10,12H2,1-2H3/t13-/m1/s1. The molecule has 2 saturated heterocycles. The smallest absolute Gasteiger partial charge is 0.293 e. The lowest BCUT2D eigenvalue weighted by Gasteiger charge is -2.35. The summed E-state index contributed by atoms with van der Waals surface area (Å²) in [4.78, 5) is 40.8. The summed E-state index contributed by atoms with van der Waals surface area (Å²) >= 11 is 0. The number of carbonyl (C=O) groups is 2. The fourth-order valence-electron chi connectivity index (χ4n) is 3.64. The minimum atomic E-state index is -0.440. The van der Waals surface area contributed by atoms with Crippen LogP contribution in [0.4, 0.5) is 11.4 Å². The highest BCUT2D eigenvalue weighted by molar-refractivity contribution is 5.96. The van der Waals surface area contributed by atoms with Gasteiger partial charge >= 0.3 is 0 Å². The Labute approximate surface area is 158 Å². The van der Waals surface area contributed by atoms with Crippen LogP contribution < -0.4 is 10.2 Å². The summed E-state index contributed by atoms with van der Waals surface area (Å²) in [6.45, 7) is 7.63. The third-order valence-corrected chi connectivity index (χ3v) is 5.25. The third-order valence-electron chi connectivity index (χ3n) is 5.25. The molecule has 0 unspecified atom stereocenters. The summed E-state index contributed by atoms with van der Waals surface area (Å²) in [5.74, 6) is -0.171. The maximum absolute atomic E-state index is 12.8. The number of hydrogen-bond acceptors (Lipinski definition) is 6. The van der Waals surface area contributed by atoms with E-state index in [2.05, 4.69) is 5.32 Å². The molecule has 2 heterocycles. The molecule has 1 aromatic carbocycles. The molecule has 0 bridgehead atoms. The molecule has 9 nitrogen and oxygen atoms in total. The quantitative estimate of drug-likeness (QED) is 0.617. The van der Waals surface area contributed by atoms with Crippen molar-refractivity contribution in [3.63, 3.8) is 0 Å². The van der Waals surface area contributed by atoms with Crippen molar-refractivity contribution in [2.75, 3.05) is 50.7 Å². The van der Waals surface area contributed by atoms with Gasteiger partial charge in [-0.1, -0.05) is 0 Å². The van der Waals surface area contributed by atoms with E-state index in [1.54, 1.807) is 21.9 Å². The largest absolute Gasteiger partial charge is 0.362 e. The van der Waals surface area contributed by atoms with E-state index in [4.69, 9.17) is 0 Å². The van der Waals surface area contributed by atoms with Crippen molar-refractivity contribution >= 4 is 23.2 Å². The fraction of sp³-hybridized carbons (Fsp3) is 0.556. The normalized spacial score (nSPS) is 20.5. The first kappa shape index (κ1) is 19.1. The number of anilines is 1. The number of piperazine rings is 2. The number of nitro benzene ring substituents is 1. The van der Waals surface area contributed by atoms with Gasteiger partial charge in [0.05, 0.1) is 4.92 Å². The fourth-order valence-corrected chi connectivity index (χ4v) is 3.64. The molecule has 3 rings (SSSR count). The van der Waals surface area contributed by atoms with E-state index in [1.165, 1.54) is 13.0 Å². The average Bonchev–Trinajstić information content (AvgIpc) is 2.67. The van der Waals surface area contributed by atoms with Crippen molar-refractivity contribution < 1.29 is 14.5 Å². The summed E-state index contributed by atoms with van der Waals surface area (Å²) in [7, 11) is 0. The molecule has 0 aromatic heterocycles. The second-order valence-corrected chi connectivity index (χ2v) is 7.01. The van der Waals surface area contributed by atoms with E-state index >= 15 is 0 Å². The molecule has 9 heteroatoms. The van der Waals surface area contributed by atoms with Crippen LogP contribution in [0.1, 0.15) is 24.2 Å². The van der Waals surface area contributed by atoms with Gasteiger partial charge in [0.2, 0.25) is 5.91 Å². The number of nitrogens with zero attached hydrogens (tertiary/aromatic N) is 4. The zero-order chi connectivity index (χ0) is 19.6. The van der Waals surface area contributed by atoms with Crippen molar-refractivity contribution in [1.29, 1.82) is 0 Å². The van der Waals surface area contributed by atoms with Gasteiger partial charge in [0, 0.05) is 70.4 Å². The lowest BCUT2D eigenvalue weighted by molar-refractivity contribution is -0.384. The summed E-state index contributed by atoms with van der Waals surface area (Å²) in [6.07, 6.45) is 0. The van der Waals surface area contributed by atoms with E-state index in [9.17, 15) is 19.7 Å². The molecule has 2 amide bonds. The number of nitrogens with one attached hydrogen (secondary N) is 1. The Hall–Kier alpha value is -2.68. The van der Waals surface area contributed by atoms with Crippen molar-refractivity contribution in [2.45, 2.75) is 19.9 Å². The Bertz CT molecular complexity index is 745. The van der Waals surface area contributed by atoms with Crippen LogP contribution in [-0.4, -0.2) is 78.4 Å². The van der Waals surface area contributed by atoms with Gasteiger partial charge in [-0.05, 0) is 19.1 Å². The Balaban J connectivity index is 1.82. The number of rotatable bonds is 3. The maximum Gasteiger partial charge on any atom is 0.293 e. The molecule has 0 radical (unpaired) electrons. The summed E-state index contributed by atoms with van der Waals surface area (Å²) in [6, 6.07) is 4.74. The molecular formula is C18H25N5O4. The minimum Gasteiger partial charge on any atom is -0.362 e. The van der Waals surface area contributed by atoms with Gasteiger partial charge in [0.1, 0.15) is 5.69 Å². The van der Waals surface area contributed by atoms with Gasteiger partial charge in [0.25, 0.3) is 11.6 Å². The summed E-state index contributed by atoms with van der Waals surface area (Å²) in [5, 5.41) is 14.9. The summed E-state index contributed by atoms with van der Waals surface area (Å²) < 4.78 is 0. The van der Waals surface area contributed by atoms with E-state index < -0.39 is 4.92 Å². The number of amides is 2. The lowest BCUT2D eigenvalue weighted by Crippen LogP contribution is -2.52. The first-order chi connectivity index (χ1) is 12.9. The molecule has 146 valence electrons. The molecule has 2 aliphatic heterocycles. The highest BCUT2D eigenvalue weighted by atomic mass is 16.6. The zero-order valence-electron chi connectivity index (χ0n) is 15.7. The Morgan fingerprint density at radius 3 is 2.48 bits per heavy atom. The average molecular weight is 375 g/mol. The zero-order valence-corrected chi connectivity index (χ0v) is 15.7. The van der Waals surface area contributed by atoms with E-state index in [-0.39, 0.29) is 23.5 Å². The second kappa shape index (κ2) is 7.91. The first-order valence-corrected chi connectivity index (χ1v) is 9.19. The molecule has 0 aliphatic carbocycles. The molecule has 2 fully saturated rings. The van der Waals surface area contributed by atoms with Crippen LogP contribution in [0.3, 0.4) is 0 Å². The van der Waals surface area contributed by atoms with E-state index in [0.717, 1.165) is 6.54 Å². The molecule has 2 aliphatic rings. The van der Waals surface area contributed by atoms with E-state index in [0.29, 0.717) is 50.5 Å². The topological polar surface area (TPSA) is 99.0 Å². The van der Waals surface area contributed by atoms with Gasteiger partial charge in [-0.25, -0.2) is 0 Å². The van der Waals surface area contributed by atoms with Crippen LogP contribution in [0.2, 0.25) is 0 Å². The van der Waals surface area contributed by atoms with Crippen LogP contribution in [-0.2, 0) is 4.79 Å². The number of carbonyl (C=O) groups excluding carboxylic acids is 2. The molecule has 27 heavy (non-hydrogen) atoms. The molecule has 1 N–H and O–H groups in total. The molecule has 0 spiro atoms. The molecule has 1 atom stereocenters. The van der Waals surface area contributed by atoms with Crippen LogP contribution in [0.15, 0.2) is 18.2 Å². The predicted molar refractivity (Wildman–Crippen MR) is 101 cm³/mol. The van der Waals surface area contributed by atoms with Gasteiger partial charge < -0.3 is 20.0 Å². The second-order valence-electron chi connectivity index (χ2n) is 7.01.